The van der Waals surface area contributed by atoms with Crippen LogP contribution in [0, 0.1) is 12.3 Å². The molecule has 0 fully saturated rings. The molecule has 0 saturated heterocycles. The van der Waals surface area contributed by atoms with Gasteiger partial charge in [-0.25, -0.2) is 0 Å². The summed E-state index contributed by atoms with van der Waals surface area (Å²) in [5.41, 5.74) is 1.97. The van der Waals surface area contributed by atoms with Crippen molar-refractivity contribution in [1.29, 1.82) is 0 Å². The molecule has 0 saturated carbocycles. The van der Waals surface area contributed by atoms with Crippen LogP contribution in [0.25, 0.3) is 0 Å². The Morgan fingerprint density at radius 2 is 1.33 bits per heavy atom. The lowest BCUT2D eigenvalue weighted by Crippen LogP contribution is -2.47. The maximum absolute atomic E-state index is 12.4. The molecule has 0 aliphatic carbocycles. The van der Waals surface area contributed by atoms with E-state index >= 15 is 0 Å². The second-order valence-electron chi connectivity index (χ2n) is 6.33. The van der Waals surface area contributed by atoms with Gasteiger partial charge in [0, 0.05) is 25.5 Å². The Labute approximate surface area is 142 Å². The van der Waals surface area contributed by atoms with Crippen LogP contribution in [0.4, 0.5) is 0 Å². The van der Waals surface area contributed by atoms with E-state index in [0.29, 0.717) is 13.1 Å². The van der Waals surface area contributed by atoms with E-state index in [1.165, 1.54) is 5.56 Å². The van der Waals surface area contributed by atoms with E-state index in [0.717, 1.165) is 11.1 Å². The molecule has 0 aliphatic rings. The van der Waals surface area contributed by atoms with Crippen LogP contribution in [0.1, 0.15) is 30.5 Å². The molecule has 0 aliphatic heterocycles. The van der Waals surface area contributed by atoms with Crippen molar-refractivity contribution in [2.24, 2.45) is 5.41 Å². The number of carbonyl (C=O) groups excluding carboxylic acids is 2. The molecule has 0 unspecified atom stereocenters. The largest absolute Gasteiger partial charge is 0.351 e. The smallest absolute Gasteiger partial charge is 0.235 e. The van der Waals surface area contributed by atoms with Gasteiger partial charge in [-0.15, -0.1) is 0 Å². The quantitative estimate of drug-likeness (QED) is 0.801. The number of nitrogens with zero attached hydrogens (tertiary/aromatic N) is 1. The Hall–Kier alpha value is -2.69. The number of pyridine rings is 1. The average Bonchev–Trinajstić information content (AvgIpc) is 2.59. The van der Waals surface area contributed by atoms with Crippen LogP contribution >= 0.6 is 0 Å². The molecule has 5 heteroatoms. The molecule has 2 N–H and O–H groups in total. The van der Waals surface area contributed by atoms with E-state index in [4.69, 9.17) is 0 Å². The lowest BCUT2D eigenvalue weighted by Gasteiger charge is -2.22. The fourth-order valence-corrected chi connectivity index (χ4v) is 2.12. The van der Waals surface area contributed by atoms with Gasteiger partial charge in [0.15, 0.2) is 0 Å². The Morgan fingerprint density at radius 1 is 0.875 bits per heavy atom. The topological polar surface area (TPSA) is 71.1 Å². The van der Waals surface area contributed by atoms with Crippen LogP contribution in [0.5, 0.6) is 0 Å². The van der Waals surface area contributed by atoms with E-state index in [1.54, 1.807) is 26.2 Å². The zero-order valence-electron chi connectivity index (χ0n) is 14.3. The number of carbonyl (C=O) groups is 2. The highest BCUT2D eigenvalue weighted by atomic mass is 16.2. The van der Waals surface area contributed by atoms with Crippen LogP contribution in [-0.4, -0.2) is 16.8 Å². The van der Waals surface area contributed by atoms with Gasteiger partial charge in [-0.1, -0.05) is 29.8 Å². The van der Waals surface area contributed by atoms with E-state index in [-0.39, 0.29) is 11.8 Å². The first kappa shape index (κ1) is 17.7. The van der Waals surface area contributed by atoms with Crippen LogP contribution in [0.15, 0.2) is 48.8 Å². The summed E-state index contributed by atoms with van der Waals surface area (Å²) in [6.45, 7) is 6.04. The van der Waals surface area contributed by atoms with Crippen LogP contribution in [-0.2, 0) is 22.7 Å². The SMILES string of the molecule is Cc1ccc(CNC(=O)C(C)(C)C(=O)NCc2ccncc2)cc1. The summed E-state index contributed by atoms with van der Waals surface area (Å²) in [7, 11) is 0. The van der Waals surface area contributed by atoms with E-state index in [1.807, 2.05) is 43.3 Å². The number of nitrogens with one attached hydrogen (secondary N) is 2. The molecule has 0 bridgehead atoms. The Kier molecular flexibility index (Phi) is 5.68. The number of aromatic nitrogens is 1. The normalized spacial score (nSPS) is 11.0. The summed E-state index contributed by atoms with van der Waals surface area (Å²) in [6, 6.07) is 11.6. The van der Waals surface area contributed by atoms with Crippen molar-refractivity contribution in [2.45, 2.75) is 33.9 Å². The molecule has 2 amide bonds. The summed E-state index contributed by atoms with van der Waals surface area (Å²) in [5, 5.41) is 5.63. The highest BCUT2D eigenvalue weighted by molar-refractivity contribution is 6.04. The fraction of sp³-hybridized carbons (Fsp3) is 0.316. The minimum atomic E-state index is -1.14. The van der Waals surface area contributed by atoms with E-state index < -0.39 is 5.41 Å². The molecule has 126 valence electrons. The summed E-state index contributed by atoms with van der Waals surface area (Å²) in [5.74, 6) is -0.601. The minimum absolute atomic E-state index is 0.296. The molecule has 0 spiro atoms. The van der Waals surface area contributed by atoms with Gasteiger partial charge in [0.2, 0.25) is 11.8 Å². The van der Waals surface area contributed by atoms with Gasteiger partial charge in [0.25, 0.3) is 0 Å². The molecule has 2 rings (SSSR count). The molecular formula is C19H23N3O2. The van der Waals surface area contributed by atoms with E-state index in [2.05, 4.69) is 15.6 Å². The second kappa shape index (κ2) is 7.73. The maximum atomic E-state index is 12.4. The van der Waals surface area contributed by atoms with Gasteiger partial charge < -0.3 is 10.6 Å². The Bertz CT molecular complexity index is 694. The number of hydrogen-bond donors (Lipinski definition) is 2. The van der Waals surface area contributed by atoms with Crippen molar-refractivity contribution in [3.05, 3.63) is 65.5 Å². The first-order valence-electron chi connectivity index (χ1n) is 7.90. The zero-order valence-corrected chi connectivity index (χ0v) is 14.3. The summed E-state index contributed by atoms with van der Waals surface area (Å²) < 4.78 is 0. The summed E-state index contributed by atoms with van der Waals surface area (Å²) in [4.78, 5) is 28.7. The number of benzene rings is 1. The van der Waals surface area contributed by atoms with Gasteiger partial charge >= 0.3 is 0 Å². The fourth-order valence-electron chi connectivity index (χ4n) is 2.12. The Balaban J connectivity index is 1.88. The third-order valence-corrected chi connectivity index (χ3v) is 3.91. The van der Waals surface area contributed by atoms with Crippen molar-refractivity contribution in [2.75, 3.05) is 0 Å². The van der Waals surface area contributed by atoms with Gasteiger partial charge in [0.05, 0.1) is 0 Å². The maximum Gasteiger partial charge on any atom is 0.235 e. The highest BCUT2D eigenvalue weighted by Gasteiger charge is 2.35. The number of rotatable bonds is 6. The standard InChI is InChI=1S/C19H23N3O2/c1-14-4-6-15(7-5-14)12-21-17(23)19(2,3)18(24)22-13-16-8-10-20-11-9-16/h4-11H,12-13H2,1-3H3,(H,21,23)(H,22,24). The molecule has 2 aromatic rings. The first-order valence-corrected chi connectivity index (χ1v) is 7.90. The molecule has 0 atom stereocenters. The predicted octanol–water partition coefficient (Wildman–Crippen LogP) is 2.35. The van der Waals surface area contributed by atoms with Crippen LogP contribution < -0.4 is 10.6 Å². The summed E-state index contributed by atoms with van der Waals surface area (Å²) >= 11 is 0. The molecule has 24 heavy (non-hydrogen) atoms. The molecule has 1 heterocycles. The van der Waals surface area contributed by atoms with Crippen molar-refractivity contribution in [3.8, 4) is 0 Å². The average molecular weight is 325 g/mol. The van der Waals surface area contributed by atoms with Crippen molar-refractivity contribution in [1.82, 2.24) is 15.6 Å². The Morgan fingerprint density at radius 3 is 1.83 bits per heavy atom. The van der Waals surface area contributed by atoms with Gasteiger partial charge in [-0.05, 0) is 44.0 Å². The van der Waals surface area contributed by atoms with Gasteiger partial charge in [0.1, 0.15) is 5.41 Å². The third kappa shape index (κ3) is 4.65. The lowest BCUT2D eigenvalue weighted by molar-refractivity contribution is -0.141. The predicted molar refractivity (Wildman–Crippen MR) is 92.9 cm³/mol. The monoisotopic (exact) mass is 325 g/mol. The zero-order chi connectivity index (χ0) is 17.6. The molecule has 0 radical (unpaired) electrons. The number of amides is 2. The van der Waals surface area contributed by atoms with Crippen LogP contribution in [0.2, 0.25) is 0 Å². The third-order valence-electron chi connectivity index (χ3n) is 3.91. The highest BCUT2D eigenvalue weighted by Crippen LogP contribution is 2.16. The van der Waals surface area contributed by atoms with Crippen molar-refractivity contribution >= 4 is 11.8 Å². The summed E-state index contributed by atoms with van der Waals surface area (Å²) in [6.07, 6.45) is 3.34. The van der Waals surface area contributed by atoms with Crippen molar-refractivity contribution < 1.29 is 9.59 Å². The first-order chi connectivity index (χ1) is 11.4. The molecule has 1 aromatic carbocycles. The molecule has 5 nitrogen and oxygen atoms in total. The lowest BCUT2D eigenvalue weighted by atomic mass is 9.91. The number of hydrogen-bond acceptors (Lipinski definition) is 3. The molecule has 1 aromatic heterocycles. The van der Waals surface area contributed by atoms with E-state index in [9.17, 15) is 9.59 Å². The minimum Gasteiger partial charge on any atom is -0.351 e. The van der Waals surface area contributed by atoms with Crippen molar-refractivity contribution in [3.63, 3.8) is 0 Å². The van der Waals surface area contributed by atoms with Crippen LogP contribution in [0.3, 0.4) is 0 Å². The number of aryl methyl sites for hydroxylation is 1. The second-order valence-corrected chi connectivity index (χ2v) is 6.33. The van der Waals surface area contributed by atoms with Gasteiger partial charge in [-0.2, -0.15) is 0 Å². The molecular weight excluding hydrogens is 302 g/mol. The van der Waals surface area contributed by atoms with Gasteiger partial charge in [-0.3, -0.25) is 14.6 Å².